The Morgan fingerprint density at radius 3 is 2.69 bits per heavy atom. The Hall–Kier alpha value is -3.10. The molecule has 0 aliphatic carbocycles. The van der Waals surface area contributed by atoms with E-state index in [-0.39, 0.29) is 0 Å². The number of nitrogens with one attached hydrogen (secondary N) is 1. The van der Waals surface area contributed by atoms with Gasteiger partial charge in [0, 0.05) is 51.0 Å². The molecule has 1 saturated heterocycles. The molecular weight excluding hydrogens is 450 g/mol. The van der Waals surface area contributed by atoms with Crippen molar-refractivity contribution < 1.29 is 4.79 Å². The molecule has 0 spiro atoms. The van der Waals surface area contributed by atoms with Crippen molar-refractivity contribution >= 4 is 17.4 Å². The molecule has 2 heterocycles. The number of piperidine rings is 1. The number of amidine groups is 1. The number of carbonyl (C=O) groups is 1. The number of fused-ring (bicyclic) bond motifs is 1. The number of primary amides is 1. The van der Waals surface area contributed by atoms with Gasteiger partial charge >= 0.3 is 0 Å². The van der Waals surface area contributed by atoms with E-state index in [0.29, 0.717) is 17.4 Å². The van der Waals surface area contributed by atoms with E-state index in [4.69, 9.17) is 10.7 Å². The zero-order valence-electron chi connectivity index (χ0n) is 22.5. The highest BCUT2D eigenvalue weighted by molar-refractivity contribution is 5.96. The highest BCUT2D eigenvalue weighted by atomic mass is 16.1. The monoisotopic (exact) mass is 493 g/mol. The number of likely N-dealkylation sites (N-methyl/N-ethyl adjacent to an activating group) is 2. The van der Waals surface area contributed by atoms with E-state index in [1.165, 1.54) is 11.1 Å². The van der Waals surface area contributed by atoms with E-state index in [2.05, 4.69) is 71.4 Å². The first-order chi connectivity index (χ1) is 17.2. The molecular formula is C28H43N7O. The number of nitrogens with zero attached hydrogens (tertiary/aromatic N) is 5. The Balaban J connectivity index is 1.83. The first kappa shape index (κ1) is 27.5. The van der Waals surface area contributed by atoms with Gasteiger partial charge in [0.05, 0.1) is 5.57 Å². The summed E-state index contributed by atoms with van der Waals surface area (Å²) >= 11 is 0. The zero-order valence-corrected chi connectivity index (χ0v) is 22.5. The lowest BCUT2D eigenvalue weighted by Gasteiger charge is -2.40. The molecule has 2 aliphatic heterocycles. The summed E-state index contributed by atoms with van der Waals surface area (Å²) in [5, 5.41) is 3.37. The predicted molar refractivity (Wildman–Crippen MR) is 150 cm³/mol. The maximum Gasteiger partial charge on any atom is 0.248 e. The van der Waals surface area contributed by atoms with Crippen molar-refractivity contribution in [1.29, 1.82) is 0 Å². The fraction of sp³-hybridized carbons (Fsp3) is 0.500. The van der Waals surface area contributed by atoms with Crippen LogP contribution in [0.25, 0.3) is 0 Å². The summed E-state index contributed by atoms with van der Waals surface area (Å²) in [6, 6.07) is 6.69. The second-order valence-corrected chi connectivity index (χ2v) is 10.1. The molecule has 1 unspecified atom stereocenters. The molecule has 0 saturated carbocycles. The highest BCUT2D eigenvalue weighted by Crippen LogP contribution is 2.24. The van der Waals surface area contributed by atoms with Crippen LogP contribution >= 0.6 is 0 Å². The Bertz CT molecular complexity index is 1010. The maximum atomic E-state index is 12.1. The second kappa shape index (κ2) is 12.7. The second-order valence-electron chi connectivity index (χ2n) is 10.1. The molecule has 1 aromatic carbocycles. The minimum Gasteiger partial charge on any atom is -0.372 e. The third-order valence-electron chi connectivity index (χ3n) is 7.04. The number of hydrogen-bond acceptors (Lipinski definition) is 6. The van der Waals surface area contributed by atoms with Crippen LogP contribution in [0.5, 0.6) is 0 Å². The lowest BCUT2D eigenvalue weighted by Crippen LogP contribution is -2.49. The molecule has 1 fully saturated rings. The van der Waals surface area contributed by atoms with Crippen molar-refractivity contribution in [3.05, 3.63) is 66.2 Å². The van der Waals surface area contributed by atoms with Crippen molar-refractivity contribution in [2.75, 3.05) is 59.2 Å². The van der Waals surface area contributed by atoms with Gasteiger partial charge < -0.3 is 30.7 Å². The summed E-state index contributed by atoms with van der Waals surface area (Å²) in [5.74, 6) is 0.696. The van der Waals surface area contributed by atoms with Gasteiger partial charge in [-0.3, -0.25) is 4.79 Å². The van der Waals surface area contributed by atoms with E-state index in [1.54, 1.807) is 13.0 Å². The summed E-state index contributed by atoms with van der Waals surface area (Å²) < 4.78 is 0. The Morgan fingerprint density at radius 2 is 2.03 bits per heavy atom. The van der Waals surface area contributed by atoms with E-state index in [1.807, 2.05) is 12.3 Å². The third-order valence-corrected chi connectivity index (χ3v) is 7.04. The average Bonchev–Trinajstić information content (AvgIpc) is 2.86. The van der Waals surface area contributed by atoms with Gasteiger partial charge in [-0.15, -0.1) is 0 Å². The molecule has 36 heavy (non-hydrogen) atoms. The number of rotatable bonds is 10. The predicted octanol–water partition coefficient (Wildman–Crippen LogP) is 2.86. The normalized spacial score (nSPS) is 19.4. The number of benzene rings is 1. The van der Waals surface area contributed by atoms with Crippen molar-refractivity contribution in [3.8, 4) is 0 Å². The Labute approximate surface area is 216 Å². The molecule has 3 rings (SSSR count). The molecule has 1 atom stereocenters. The molecule has 1 aromatic rings. The number of aliphatic imine (C=N–C) groups is 1. The van der Waals surface area contributed by atoms with Gasteiger partial charge in [0.15, 0.2) is 0 Å². The molecule has 0 bridgehead atoms. The molecule has 1 amide bonds. The SMILES string of the molecule is C=C/C(=N\C(Nc1ccc2c(c1)CCN(C)C2)=C(/C)C(N)=O)N1CCCC(N(C=C)CCN(C)C)C1. The van der Waals surface area contributed by atoms with Crippen molar-refractivity contribution in [1.82, 2.24) is 19.6 Å². The van der Waals surface area contributed by atoms with Crippen LogP contribution in [0.3, 0.4) is 0 Å². The van der Waals surface area contributed by atoms with Crippen molar-refractivity contribution in [2.45, 2.75) is 38.8 Å². The van der Waals surface area contributed by atoms with Crippen LogP contribution in [0.15, 0.2) is 60.0 Å². The maximum absolute atomic E-state index is 12.1. The summed E-state index contributed by atoms with van der Waals surface area (Å²) in [5.41, 5.74) is 9.62. The molecule has 8 heteroatoms. The van der Waals surface area contributed by atoms with Crippen LogP contribution < -0.4 is 11.1 Å². The van der Waals surface area contributed by atoms with Gasteiger partial charge in [-0.1, -0.05) is 19.2 Å². The lowest BCUT2D eigenvalue weighted by atomic mass is 9.99. The molecule has 3 N–H and O–H groups in total. The van der Waals surface area contributed by atoms with Gasteiger partial charge in [-0.2, -0.15) is 0 Å². The highest BCUT2D eigenvalue weighted by Gasteiger charge is 2.25. The van der Waals surface area contributed by atoms with Gasteiger partial charge in [0.25, 0.3) is 0 Å². The lowest BCUT2D eigenvalue weighted by molar-refractivity contribution is -0.114. The number of hydrogen-bond donors (Lipinski definition) is 2. The fourth-order valence-corrected chi connectivity index (χ4v) is 4.76. The van der Waals surface area contributed by atoms with Gasteiger partial charge in [-0.25, -0.2) is 4.99 Å². The molecule has 8 nitrogen and oxygen atoms in total. The van der Waals surface area contributed by atoms with Crippen LogP contribution in [0, 0.1) is 0 Å². The number of carbonyl (C=O) groups excluding carboxylic acids is 1. The topological polar surface area (TPSA) is 80.4 Å². The van der Waals surface area contributed by atoms with Crippen LogP contribution in [0.2, 0.25) is 0 Å². The Morgan fingerprint density at radius 1 is 1.25 bits per heavy atom. The van der Waals surface area contributed by atoms with Crippen LogP contribution in [-0.2, 0) is 17.8 Å². The molecule has 0 radical (unpaired) electrons. The number of likely N-dealkylation sites (tertiary alicyclic amines) is 1. The van der Waals surface area contributed by atoms with E-state index >= 15 is 0 Å². The zero-order chi connectivity index (χ0) is 26.2. The van der Waals surface area contributed by atoms with E-state index in [9.17, 15) is 4.79 Å². The number of nitrogens with two attached hydrogens (primary N) is 1. The summed E-state index contributed by atoms with van der Waals surface area (Å²) in [4.78, 5) is 26.1. The smallest absolute Gasteiger partial charge is 0.248 e. The van der Waals surface area contributed by atoms with Crippen LogP contribution in [0.4, 0.5) is 5.69 Å². The summed E-state index contributed by atoms with van der Waals surface area (Å²) in [6.07, 6.45) is 6.86. The quantitative estimate of drug-likeness (QED) is 0.296. The van der Waals surface area contributed by atoms with E-state index in [0.717, 1.165) is 70.1 Å². The third kappa shape index (κ3) is 7.21. The molecule has 0 aromatic heterocycles. The number of amides is 1. The summed E-state index contributed by atoms with van der Waals surface area (Å²) in [6.45, 7) is 15.4. The van der Waals surface area contributed by atoms with Crippen LogP contribution in [0.1, 0.15) is 30.9 Å². The molecule has 196 valence electrons. The van der Waals surface area contributed by atoms with Crippen molar-refractivity contribution in [2.24, 2.45) is 10.7 Å². The van der Waals surface area contributed by atoms with Crippen LogP contribution in [-0.4, -0.2) is 91.3 Å². The minimum atomic E-state index is -0.498. The first-order valence-electron chi connectivity index (χ1n) is 12.8. The van der Waals surface area contributed by atoms with Gasteiger partial charge in [-0.05, 0) is 82.9 Å². The van der Waals surface area contributed by atoms with Crippen molar-refractivity contribution in [3.63, 3.8) is 0 Å². The molecule has 2 aliphatic rings. The average molecular weight is 494 g/mol. The first-order valence-corrected chi connectivity index (χ1v) is 12.8. The van der Waals surface area contributed by atoms with Gasteiger partial charge in [0.1, 0.15) is 11.7 Å². The van der Waals surface area contributed by atoms with Gasteiger partial charge in [0.2, 0.25) is 5.91 Å². The van der Waals surface area contributed by atoms with E-state index < -0.39 is 5.91 Å². The minimum absolute atomic E-state index is 0.345. The standard InChI is InChI=1S/C28H43N7O/c1-7-26(35-14-9-10-25(20-35)34(8-2)17-16-32(4)5)31-28(21(3)27(29)36)30-24-12-11-23-19-33(6)15-13-22(23)18-24/h7-8,11-12,18,25,30H,1-2,9-10,13-17,19-20H2,3-6H3,(H2,29,36)/b28-21+,31-26+. The Kier molecular flexibility index (Phi) is 9.73. The largest absolute Gasteiger partial charge is 0.372 e. The fourth-order valence-electron chi connectivity index (χ4n) is 4.76. The number of anilines is 1. The summed E-state index contributed by atoms with van der Waals surface area (Å²) in [7, 11) is 6.30.